The molecule has 0 fully saturated rings. The summed E-state index contributed by atoms with van der Waals surface area (Å²) in [6.45, 7) is 0. The van der Waals surface area contributed by atoms with Crippen molar-refractivity contribution < 1.29 is 9.18 Å². The minimum Gasteiger partial charge on any atom is -0.289 e. The van der Waals surface area contributed by atoms with Crippen molar-refractivity contribution in [2.45, 2.75) is 0 Å². The Bertz CT molecular complexity index is 605. The van der Waals surface area contributed by atoms with Gasteiger partial charge in [-0.25, -0.2) is 4.39 Å². The van der Waals surface area contributed by atoms with Gasteiger partial charge in [-0.15, -0.1) is 0 Å². The van der Waals surface area contributed by atoms with Gasteiger partial charge >= 0.3 is 0 Å². The van der Waals surface area contributed by atoms with E-state index in [9.17, 15) is 9.18 Å². The Labute approximate surface area is 110 Å². The number of hydrogen-bond acceptors (Lipinski definition) is 1. The molecular formula is C15H10ClFO. The first kappa shape index (κ1) is 12.5. The average Bonchev–Trinajstić information content (AvgIpc) is 2.37. The number of halogens is 2. The van der Waals surface area contributed by atoms with E-state index in [-0.39, 0.29) is 11.6 Å². The van der Waals surface area contributed by atoms with Gasteiger partial charge in [-0.3, -0.25) is 4.79 Å². The third-order valence-electron chi connectivity index (χ3n) is 2.42. The molecule has 0 N–H and O–H groups in total. The van der Waals surface area contributed by atoms with Crippen LogP contribution in [0.4, 0.5) is 4.39 Å². The van der Waals surface area contributed by atoms with Crippen LogP contribution in [0.3, 0.4) is 0 Å². The quantitative estimate of drug-likeness (QED) is 0.591. The lowest BCUT2D eigenvalue weighted by molar-refractivity contribution is 0.104. The molecule has 0 aliphatic carbocycles. The zero-order valence-electron chi connectivity index (χ0n) is 9.44. The van der Waals surface area contributed by atoms with Gasteiger partial charge in [0.25, 0.3) is 0 Å². The van der Waals surface area contributed by atoms with E-state index in [2.05, 4.69) is 0 Å². The highest BCUT2D eigenvalue weighted by Gasteiger charge is 2.05. The number of rotatable bonds is 3. The first-order chi connectivity index (χ1) is 8.66. The molecule has 0 saturated carbocycles. The van der Waals surface area contributed by atoms with Crippen molar-refractivity contribution in [1.29, 1.82) is 0 Å². The highest BCUT2D eigenvalue weighted by atomic mass is 35.5. The number of benzene rings is 2. The fourth-order valence-electron chi connectivity index (χ4n) is 1.53. The topological polar surface area (TPSA) is 17.1 Å². The zero-order valence-corrected chi connectivity index (χ0v) is 10.2. The van der Waals surface area contributed by atoms with Crippen molar-refractivity contribution in [2.24, 2.45) is 0 Å². The van der Waals surface area contributed by atoms with E-state index < -0.39 is 0 Å². The van der Waals surface area contributed by atoms with Crippen LogP contribution in [0.25, 0.3) is 6.08 Å². The van der Waals surface area contributed by atoms with Gasteiger partial charge in [-0.05, 0) is 35.9 Å². The Morgan fingerprint density at radius 1 is 1.11 bits per heavy atom. The minimum absolute atomic E-state index is 0.204. The van der Waals surface area contributed by atoms with Crippen molar-refractivity contribution in [3.05, 3.63) is 76.6 Å². The van der Waals surface area contributed by atoms with Gasteiger partial charge in [-0.2, -0.15) is 0 Å². The molecule has 0 saturated heterocycles. The summed E-state index contributed by atoms with van der Waals surface area (Å²) in [5.74, 6) is -0.535. The van der Waals surface area contributed by atoms with E-state index in [1.54, 1.807) is 42.5 Å². The maximum absolute atomic E-state index is 12.9. The standard InChI is InChI=1S/C15H10ClFO/c16-14-7-2-1-6-13(14)15(18)9-8-11-4-3-5-12(17)10-11/h1-10H/b9-8+. The number of carbonyl (C=O) groups is 1. The van der Waals surface area contributed by atoms with E-state index in [4.69, 9.17) is 11.6 Å². The molecule has 0 spiro atoms. The van der Waals surface area contributed by atoms with Gasteiger partial charge in [0.15, 0.2) is 5.78 Å². The van der Waals surface area contributed by atoms with Crippen LogP contribution >= 0.6 is 11.6 Å². The smallest absolute Gasteiger partial charge is 0.187 e. The van der Waals surface area contributed by atoms with Crippen LogP contribution in [-0.2, 0) is 0 Å². The first-order valence-electron chi connectivity index (χ1n) is 5.39. The average molecular weight is 261 g/mol. The normalized spacial score (nSPS) is 10.8. The molecule has 0 aliphatic rings. The van der Waals surface area contributed by atoms with Gasteiger partial charge in [0.2, 0.25) is 0 Å². The fourth-order valence-corrected chi connectivity index (χ4v) is 1.76. The summed E-state index contributed by atoms with van der Waals surface area (Å²) >= 11 is 5.91. The summed E-state index contributed by atoms with van der Waals surface area (Å²) in [5.41, 5.74) is 1.07. The predicted octanol–water partition coefficient (Wildman–Crippen LogP) is 4.38. The van der Waals surface area contributed by atoms with Gasteiger partial charge in [-0.1, -0.05) is 41.9 Å². The second kappa shape index (κ2) is 5.61. The Kier molecular flexibility index (Phi) is 3.90. The Morgan fingerprint density at radius 2 is 1.89 bits per heavy atom. The number of hydrogen-bond donors (Lipinski definition) is 0. The largest absolute Gasteiger partial charge is 0.289 e. The first-order valence-corrected chi connectivity index (χ1v) is 5.77. The molecule has 90 valence electrons. The zero-order chi connectivity index (χ0) is 13.0. The minimum atomic E-state index is -0.331. The number of allylic oxidation sites excluding steroid dienone is 1. The fraction of sp³-hybridized carbons (Fsp3) is 0. The summed E-state index contributed by atoms with van der Waals surface area (Å²) in [7, 11) is 0. The van der Waals surface area contributed by atoms with Crippen LogP contribution in [0.15, 0.2) is 54.6 Å². The lowest BCUT2D eigenvalue weighted by Gasteiger charge is -1.98. The van der Waals surface area contributed by atoms with Crippen molar-refractivity contribution in [2.75, 3.05) is 0 Å². The van der Waals surface area contributed by atoms with Gasteiger partial charge in [0.1, 0.15) is 5.82 Å². The molecule has 2 aromatic rings. The summed E-state index contributed by atoms with van der Waals surface area (Å²) in [6, 6.07) is 12.8. The second-order valence-electron chi connectivity index (χ2n) is 3.73. The molecule has 18 heavy (non-hydrogen) atoms. The summed E-state index contributed by atoms with van der Waals surface area (Å²) in [5, 5.41) is 0.409. The summed E-state index contributed by atoms with van der Waals surface area (Å²) in [4.78, 5) is 11.9. The maximum Gasteiger partial charge on any atom is 0.187 e. The van der Waals surface area contributed by atoms with Crippen LogP contribution in [-0.4, -0.2) is 5.78 Å². The monoisotopic (exact) mass is 260 g/mol. The SMILES string of the molecule is O=C(/C=C/c1cccc(F)c1)c1ccccc1Cl. The highest BCUT2D eigenvalue weighted by molar-refractivity contribution is 6.34. The van der Waals surface area contributed by atoms with Crippen LogP contribution in [0.1, 0.15) is 15.9 Å². The van der Waals surface area contributed by atoms with Crippen LogP contribution in [0.5, 0.6) is 0 Å². The van der Waals surface area contributed by atoms with Crippen molar-refractivity contribution >= 4 is 23.5 Å². The lowest BCUT2D eigenvalue weighted by atomic mass is 10.1. The number of ketones is 1. The molecule has 1 nitrogen and oxygen atoms in total. The molecule has 0 aliphatic heterocycles. The summed E-state index contributed by atoms with van der Waals surface area (Å²) < 4.78 is 12.9. The second-order valence-corrected chi connectivity index (χ2v) is 4.14. The molecule has 0 atom stereocenters. The van der Waals surface area contributed by atoms with Gasteiger partial charge in [0, 0.05) is 5.56 Å². The third-order valence-corrected chi connectivity index (χ3v) is 2.74. The van der Waals surface area contributed by atoms with Crippen molar-refractivity contribution in [1.82, 2.24) is 0 Å². The summed E-state index contributed by atoms with van der Waals surface area (Å²) in [6.07, 6.45) is 2.95. The highest BCUT2D eigenvalue weighted by Crippen LogP contribution is 2.16. The molecule has 0 amide bonds. The molecular weight excluding hydrogens is 251 g/mol. The third kappa shape index (κ3) is 3.05. The number of carbonyl (C=O) groups excluding carboxylic acids is 1. The van der Waals surface area contributed by atoms with Crippen molar-refractivity contribution in [3.8, 4) is 0 Å². The van der Waals surface area contributed by atoms with Crippen LogP contribution in [0, 0.1) is 5.82 Å². The molecule has 0 heterocycles. The van der Waals surface area contributed by atoms with E-state index >= 15 is 0 Å². The molecule has 3 heteroatoms. The molecule has 2 rings (SSSR count). The van der Waals surface area contributed by atoms with Gasteiger partial charge in [0.05, 0.1) is 5.02 Å². The molecule has 0 aromatic heterocycles. The van der Waals surface area contributed by atoms with E-state index in [1.807, 2.05) is 0 Å². The molecule has 0 bridgehead atoms. The van der Waals surface area contributed by atoms with Crippen molar-refractivity contribution in [3.63, 3.8) is 0 Å². The molecule has 0 unspecified atom stereocenters. The molecule has 0 radical (unpaired) electrons. The Hall–Kier alpha value is -1.93. The van der Waals surface area contributed by atoms with E-state index in [1.165, 1.54) is 18.2 Å². The van der Waals surface area contributed by atoms with Gasteiger partial charge < -0.3 is 0 Å². The van der Waals surface area contributed by atoms with Crippen LogP contribution in [0.2, 0.25) is 5.02 Å². The lowest BCUT2D eigenvalue weighted by Crippen LogP contribution is -1.94. The van der Waals surface area contributed by atoms with Crippen LogP contribution < -0.4 is 0 Å². The van der Waals surface area contributed by atoms with E-state index in [0.717, 1.165) is 0 Å². The van der Waals surface area contributed by atoms with E-state index in [0.29, 0.717) is 16.1 Å². The predicted molar refractivity (Wildman–Crippen MR) is 71.2 cm³/mol. The molecule has 2 aromatic carbocycles. The Balaban J connectivity index is 2.20. The Morgan fingerprint density at radius 3 is 2.61 bits per heavy atom. The maximum atomic E-state index is 12.9.